The number of carbonyl (C=O) groups excluding carboxylic acids is 2. The van der Waals surface area contributed by atoms with E-state index in [0.29, 0.717) is 25.2 Å². The van der Waals surface area contributed by atoms with E-state index in [-0.39, 0.29) is 42.7 Å². The molecule has 1 N–H and O–H groups in total. The normalized spacial score (nSPS) is 28.6. The number of hydrogen-bond donors (Lipinski definition) is 1. The van der Waals surface area contributed by atoms with Gasteiger partial charge in [0.2, 0.25) is 5.91 Å². The third kappa shape index (κ3) is 18.6. The minimum absolute atomic E-state index is 0.0225. The molecule has 3 saturated carbocycles. The lowest BCUT2D eigenvalue weighted by Gasteiger charge is -2.58. The first-order valence-corrected chi connectivity index (χ1v) is 28.5. The molecule has 0 aromatic carbocycles. The monoisotopic (exact) mass is 935 g/mol. The van der Waals surface area contributed by atoms with Crippen molar-refractivity contribution >= 4 is 11.9 Å². The summed E-state index contributed by atoms with van der Waals surface area (Å²) in [6.07, 6.45) is 44.1. The van der Waals surface area contributed by atoms with Gasteiger partial charge >= 0.3 is 5.97 Å². The second-order valence-corrected chi connectivity index (χ2v) is 23.0. The highest BCUT2D eigenvalue weighted by Gasteiger charge is 2.59. The van der Waals surface area contributed by atoms with E-state index in [1.807, 2.05) is 0 Å². The molecular formula is C59H102N2O6. The number of nitrogens with one attached hydrogen (secondary N) is 1. The highest BCUT2D eigenvalue weighted by Crippen LogP contribution is 2.67. The zero-order chi connectivity index (χ0) is 47.7. The Hall–Kier alpha value is -2.00. The number of amides is 1. The number of esters is 1. The summed E-state index contributed by atoms with van der Waals surface area (Å²) in [5.41, 5.74) is 2.23. The molecule has 8 heteroatoms. The van der Waals surface area contributed by atoms with Crippen LogP contribution in [0.2, 0.25) is 0 Å². The third-order valence-electron chi connectivity index (χ3n) is 17.5. The largest absolute Gasteiger partial charge is 0.460 e. The number of ether oxygens (including phenoxy) is 4. The molecule has 5 rings (SSSR count). The summed E-state index contributed by atoms with van der Waals surface area (Å²) in [5, 5.41) is 2.91. The van der Waals surface area contributed by atoms with Gasteiger partial charge in [-0.1, -0.05) is 142 Å². The lowest BCUT2D eigenvalue weighted by Crippen LogP contribution is -2.51. The van der Waals surface area contributed by atoms with Crippen LogP contribution in [0.3, 0.4) is 0 Å². The number of hydrogen-bond acceptors (Lipinski definition) is 7. The van der Waals surface area contributed by atoms with E-state index < -0.39 is 0 Å². The lowest BCUT2D eigenvalue weighted by atomic mass is 9.47. The zero-order valence-corrected chi connectivity index (χ0v) is 44.2. The number of allylic oxidation sites excluding steroid dienone is 5. The highest BCUT2D eigenvalue weighted by atomic mass is 16.6. The fraction of sp³-hybridized carbons (Fsp3) is 0.864. The molecule has 0 bridgehead atoms. The second kappa shape index (κ2) is 30.7. The van der Waals surface area contributed by atoms with E-state index in [0.717, 1.165) is 93.9 Å². The van der Waals surface area contributed by atoms with Crippen LogP contribution < -0.4 is 5.32 Å². The van der Waals surface area contributed by atoms with Crippen molar-refractivity contribution in [2.45, 2.75) is 221 Å². The van der Waals surface area contributed by atoms with Crippen molar-refractivity contribution in [3.63, 3.8) is 0 Å². The number of piperidine rings is 1. The molecule has 0 aromatic heterocycles. The molecule has 9 atom stereocenters. The van der Waals surface area contributed by atoms with Crippen LogP contribution in [0, 0.1) is 46.3 Å². The molecule has 1 aliphatic heterocycles. The first-order valence-electron chi connectivity index (χ1n) is 28.5. The van der Waals surface area contributed by atoms with Crippen LogP contribution in [0.25, 0.3) is 0 Å². The van der Waals surface area contributed by atoms with E-state index in [2.05, 4.69) is 82.1 Å². The van der Waals surface area contributed by atoms with Crippen molar-refractivity contribution in [3.8, 4) is 0 Å². The molecule has 4 aliphatic carbocycles. The van der Waals surface area contributed by atoms with E-state index in [1.54, 1.807) is 0 Å². The number of fused-ring (bicyclic) bond motifs is 5. The fourth-order valence-corrected chi connectivity index (χ4v) is 13.7. The number of likely N-dealkylation sites (tertiary alicyclic amines) is 1. The van der Waals surface area contributed by atoms with Crippen molar-refractivity contribution in [2.75, 3.05) is 59.2 Å². The summed E-state index contributed by atoms with van der Waals surface area (Å²) < 4.78 is 23.9. The summed E-state index contributed by atoms with van der Waals surface area (Å²) in [6, 6.07) is 0. The highest BCUT2D eigenvalue weighted by molar-refractivity contribution is 5.77. The van der Waals surface area contributed by atoms with Gasteiger partial charge in [-0.2, -0.15) is 0 Å². The summed E-state index contributed by atoms with van der Waals surface area (Å²) in [5.74, 6) is 4.28. The summed E-state index contributed by atoms with van der Waals surface area (Å²) in [4.78, 5) is 28.1. The molecule has 1 amide bonds. The van der Waals surface area contributed by atoms with Crippen LogP contribution >= 0.6 is 0 Å². The van der Waals surface area contributed by atoms with Gasteiger partial charge in [-0.05, 0) is 156 Å². The second-order valence-electron chi connectivity index (χ2n) is 23.0. The van der Waals surface area contributed by atoms with Crippen molar-refractivity contribution < 1.29 is 28.5 Å². The van der Waals surface area contributed by atoms with E-state index >= 15 is 0 Å². The van der Waals surface area contributed by atoms with Crippen LogP contribution in [0.4, 0.5) is 0 Å². The van der Waals surface area contributed by atoms with Crippen molar-refractivity contribution in [2.24, 2.45) is 46.3 Å². The summed E-state index contributed by atoms with van der Waals surface area (Å²) >= 11 is 0. The van der Waals surface area contributed by atoms with Gasteiger partial charge < -0.3 is 29.2 Å². The van der Waals surface area contributed by atoms with Gasteiger partial charge in [0, 0.05) is 26.1 Å². The standard InChI is InChI=1S/C59H102N2O6/c1-7-8-9-10-11-12-13-14-15-16-17-18-19-20-21-25-40-64-44-51(43-61-38-23-22-24-39-61)66-41-37-60-56(62)45-65-46-57(63)67-50-33-35-58(5)49(42-50)29-30-52-54-32-31-53(48(4)28-26-27-47(2)3)59(54,6)36-34-55(52)58/h11-12,14-15,29,47-48,50-55H,7-10,13,16-28,30-46H2,1-6H3,(H,60,62)/b12-11-,15-14-/t48-,50?,51?,52?,53?,54+,55?,58-,59+/m0/s1. The number of unbranched alkanes of at least 4 members (excludes halogenated alkanes) is 9. The van der Waals surface area contributed by atoms with Crippen molar-refractivity contribution in [1.82, 2.24) is 10.2 Å². The molecule has 0 spiro atoms. The van der Waals surface area contributed by atoms with Gasteiger partial charge in [0.05, 0.1) is 19.3 Å². The summed E-state index contributed by atoms with van der Waals surface area (Å²) in [7, 11) is 0. The Balaban J connectivity index is 0.909. The van der Waals surface area contributed by atoms with Crippen molar-refractivity contribution in [3.05, 3.63) is 36.0 Å². The van der Waals surface area contributed by atoms with E-state index in [4.69, 9.17) is 18.9 Å². The number of rotatable bonds is 33. The Morgan fingerprint density at radius 3 is 2.30 bits per heavy atom. The zero-order valence-electron chi connectivity index (χ0n) is 44.2. The number of carbonyl (C=O) groups is 2. The Morgan fingerprint density at radius 2 is 1.54 bits per heavy atom. The van der Waals surface area contributed by atoms with Crippen LogP contribution in [-0.2, 0) is 28.5 Å². The molecule has 1 heterocycles. The Kier molecular flexibility index (Phi) is 25.6. The third-order valence-corrected chi connectivity index (χ3v) is 17.5. The predicted octanol–water partition coefficient (Wildman–Crippen LogP) is 13.8. The van der Waals surface area contributed by atoms with E-state index in [9.17, 15) is 9.59 Å². The maximum Gasteiger partial charge on any atom is 0.332 e. The molecule has 67 heavy (non-hydrogen) atoms. The molecule has 5 aliphatic rings. The van der Waals surface area contributed by atoms with Crippen LogP contribution in [0.1, 0.15) is 208 Å². The van der Waals surface area contributed by atoms with Crippen LogP contribution in [0.5, 0.6) is 0 Å². The predicted molar refractivity (Wildman–Crippen MR) is 277 cm³/mol. The Bertz CT molecular complexity index is 1490. The minimum atomic E-state index is -0.372. The SMILES string of the molecule is CCCCC/C=C\C/C=C\CCCCCCCCOCC(CN1CCCCC1)OCCNC(=O)COCC(=O)OC1CC[C@@]2(C)C(=CCC3C2CC[C@]2(C)C([C@@H](C)CCCC(C)C)CC[C@H]32)C1. The Labute approximate surface area is 411 Å². The molecule has 0 aromatic rings. The first-order chi connectivity index (χ1) is 32.5. The molecule has 1 saturated heterocycles. The minimum Gasteiger partial charge on any atom is -0.460 e. The van der Waals surface area contributed by atoms with Gasteiger partial charge in [-0.25, -0.2) is 4.79 Å². The average molecular weight is 935 g/mol. The first kappa shape index (κ1) is 55.9. The van der Waals surface area contributed by atoms with E-state index in [1.165, 1.54) is 140 Å². The van der Waals surface area contributed by atoms with Gasteiger partial charge in [-0.15, -0.1) is 0 Å². The molecule has 5 unspecified atom stereocenters. The topological polar surface area (TPSA) is 86.3 Å². The van der Waals surface area contributed by atoms with Gasteiger partial charge in [0.1, 0.15) is 19.3 Å². The van der Waals surface area contributed by atoms with Crippen LogP contribution in [-0.4, -0.2) is 88.2 Å². The molecule has 8 nitrogen and oxygen atoms in total. The van der Waals surface area contributed by atoms with Gasteiger partial charge in [-0.3, -0.25) is 4.79 Å². The van der Waals surface area contributed by atoms with Crippen molar-refractivity contribution in [1.29, 1.82) is 0 Å². The number of nitrogens with zero attached hydrogens (tertiary/aromatic N) is 1. The average Bonchev–Trinajstić information content (AvgIpc) is 3.67. The van der Waals surface area contributed by atoms with Gasteiger partial charge in [0.25, 0.3) is 0 Å². The smallest absolute Gasteiger partial charge is 0.332 e. The Morgan fingerprint density at radius 1 is 0.791 bits per heavy atom. The summed E-state index contributed by atoms with van der Waals surface area (Å²) in [6.45, 7) is 19.6. The molecule has 4 fully saturated rings. The van der Waals surface area contributed by atoms with Crippen LogP contribution in [0.15, 0.2) is 36.0 Å². The maximum atomic E-state index is 12.9. The quantitative estimate of drug-likeness (QED) is 0.0398. The fourth-order valence-electron chi connectivity index (χ4n) is 13.7. The molecular weight excluding hydrogens is 833 g/mol. The maximum absolute atomic E-state index is 12.9. The molecule has 0 radical (unpaired) electrons. The lowest BCUT2D eigenvalue weighted by molar-refractivity contribution is -0.157. The molecule has 384 valence electrons. The van der Waals surface area contributed by atoms with Gasteiger partial charge in [0.15, 0.2) is 0 Å².